The third-order valence-corrected chi connectivity index (χ3v) is 4.67. The fourth-order valence-electron chi connectivity index (χ4n) is 2.74. The molecule has 0 spiro atoms. The minimum Gasteiger partial charge on any atom is -0.409 e. The van der Waals surface area contributed by atoms with Gasteiger partial charge in [0, 0.05) is 17.5 Å². The summed E-state index contributed by atoms with van der Waals surface area (Å²) in [6, 6.07) is 1.35. The molecule has 0 aromatic rings. The van der Waals surface area contributed by atoms with E-state index in [0.29, 0.717) is 17.9 Å². The summed E-state index contributed by atoms with van der Waals surface area (Å²) in [6.07, 6.45) is 5.68. The van der Waals surface area contributed by atoms with Gasteiger partial charge in [-0.15, -0.1) is 0 Å². The summed E-state index contributed by atoms with van der Waals surface area (Å²) >= 11 is 0. The highest BCUT2D eigenvalue weighted by Crippen LogP contribution is 2.23. The van der Waals surface area contributed by atoms with Crippen LogP contribution < -0.4 is 11.1 Å². The smallest absolute Gasteiger partial charge is 0.144 e. The molecule has 118 valence electrons. The first kappa shape index (κ1) is 17.2. The Morgan fingerprint density at radius 3 is 2.75 bits per heavy atom. The molecule has 2 atom stereocenters. The normalized spacial score (nSPS) is 25.9. The first-order chi connectivity index (χ1) is 9.36. The number of piperidine rings is 1. The number of rotatable bonds is 7. The Morgan fingerprint density at radius 2 is 2.15 bits per heavy atom. The van der Waals surface area contributed by atoms with E-state index in [4.69, 9.17) is 10.9 Å². The molecule has 1 aliphatic rings. The average Bonchev–Trinajstić information content (AvgIpc) is 2.41. The van der Waals surface area contributed by atoms with Crippen LogP contribution in [0.2, 0.25) is 0 Å². The highest BCUT2D eigenvalue weighted by atomic mass is 16.4. The van der Waals surface area contributed by atoms with Gasteiger partial charge in [0.05, 0.1) is 0 Å². The van der Waals surface area contributed by atoms with Crippen LogP contribution >= 0.6 is 0 Å². The SMILES string of the molecule is CC1CC(NCCCCC(C)(C)C(N)=NO)CCN1C. The van der Waals surface area contributed by atoms with Crippen molar-refractivity contribution in [3.63, 3.8) is 0 Å². The fraction of sp³-hybridized carbons (Fsp3) is 0.933. The Kier molecular flexibility index (Phi) is 6.76. The lowest BCUT2D eigenvalue weighted by Crippen LogP contribution is -2.45. The van der Waals surface area contributed by atoms with Crippen molar-refractivity contribution in [2.75, 3.05) is 20.1 Å². The molecule has 0 bridgehead atoms. The molecule has 2 unspecified atom stereocenters. The molecule has 0 aliphatic carbocycles. The van der Waals surface area contributed by atoms with Crippen molar-refractivity contribution >= 4 is 5.84 Å². The molecule has 1 aliphatic heterocycles. The van der Waals surface area contributed by atoms with Gasteiger partial charge in [-0.05, 0) is 52.7 Å². The first-order valence-electron chi connectivity index (χ1n) is 7.78. The summed E-state index contributed by atoms with van der Waals surface area (Å²) in [5.74, 6) is 0.328. The van der Waals surface area contributed by atoms with E-state index in [-0.39, 0.29) is 5.41 Å². The molecule has 0 aromatic carbocycles. The predicted octanol–water partition coefficient (Wildman–Crippen LogP) is 2.00. The maximum atomic E-state index is 8.74. The maximum Gasteiger partial charge on any atom is 0.144 e. The molecule has 1 heterocycles. The fourth-order valence-corrected chi connectivity index (χ4v) is 2.74. The molecule has 1 fully saturated rings. The van der Waals surface area contributed by atoms with Crippen molar-refractivity contribution in [1.82, 2.24) is 10.2 Å². The topological polar surface area (TPSA) is 73.9 Å². The number of amidine groups is 1. The van der Waals surface area contributed by atoms with Crippen LogP contribution in [0.1, 0.15) is 52.9 Å². The van der Waals surface area contributed by atoms with Crippen LogP contribution in [0.25, 0.3) is 0 Å². The van der Waals surface area contributed by atoms with Gasteiger partial charge in [0.25, 0.3) is 0 Å². The van der Waals surface area contributed by atoms with E-state index in [2.05, 4.69) is 29.3 Å². The van der Waals surface area contributed by atoms with Crippen LogP contribution in [0.5, 0.6) is 0 Å². The summed E-state index contributed by atoms with van der Waals surface area (Å²) in [5.41, 5.74) is 5.48. The molecule has 0 saturated carbocycles. The van der Waals surface area contributed by atoms with Crippen molar-refractivity contribution in [2.24, 2.45) is 16.3 Å². The van der Waals surface area contributed by atoms with Gasteiger partial charge in [-0.25, -0.2) is 0 Å². The zero-order chi connectivity index (χ0) is 15.2. The van der Waals surface area contributed by atoms with Gasteiger partial charge in [0.1, 0.15) is 5.84 Å². The van der Waals surface area contributed by atoms with E-state index in [1.807, 2.05) is 13.8 Å². The van der Waals surface area contributed by atoms with Crippen molar-refractivity contribution in [1.29, 1.82) is 0 Å². The number of likely N-dealkylation sites (tertiary alicyclic amines) is 1. The number of oxime groups is 1. The molecule has 1 saturated heterocycles. The van der Waals surface area contributed by atoms with Gasteiger partial charge >= 0.3 is 0 Å². The van der Waals surface area contributed by atoms with Gasteiger partial charge < -0.3 is 21.2 Å². The zero-order valence-electron chi connectivity index (χ0n) is 13.5. The summed E-state index contributed by atoms with van der Waals surface area (Å²) < 4.78 is 0. The summed E-state index contributed by atoms with van der Waals surface area (Å²) in [7, 11) is 2.20. The van der Waals surface area contributed by atoms with E-state index in [1.54, 1.807) is 0 Å². The molecule has 5 heteroatoms. The summed E-state index contributed by atoms with van der Waals surface area (Å²) in [4.78, 5) is 2.43. The number of hydrogen-bond donors (Lipinski definition) is 3. The molecule has 0 aromatic heterocycles. The van der Waals surface area contributed by atoms with E-state index < -0.39 is 0 Å². The molecule has 0 amide bonds. The van der Waals surface area contributed by atoms with Gasteiger partial charge in [0.2, 0.25) is 0 Å². The molecule has 5 nitrogen and oxygen atoms in total. The number of nitrogens with zero attached hydrogens (tertiary/aromatic N) is 2. The summed E-state index contributed by atoms with van der Waals surface area (Å²) in [6.45, 7) is 8.60. The van der Waals surface area contributed by atoms with Crippen LogP contribution in [0.3, 0.4) is 0 Å². The molecular formula is C15H32N4O. The van der Waals surface area contributed by atoms with Crippen molar-refractivity contribution in [3.05, 3.63) is 0 Å². The number of unbranched alkanes of at least 4 members (excludes halogenated alkanes) is 1. The van der Waals surface area contributed by atoms with Crippen molar-refractivity contribution < 1.29 is 5.21 Å². The minimum absolute atomic E-state index is 0.211. The Hall–Kier alpha value is -0.810. The van der Waals surface area contributed by atoms with Gasteiger partial charge in [-0.1, -0.05) is 25.4 Å². The second kappa shape index (κ2) is 7.84. The second-order valence-electron chi connectivity index (χ2n) is 6.83. The Bertz CT molecular complexity index is 317. The lowest BCUT2D eigenvalue weighted by molar-refractivity contribution is 0.168. The molecule has 4 N–H and O–H groups in total. The summed E-state index contributed by atoms with van der Waals surface area (Å²) in [5, 5.41) is 15.5. The minimum atomic E-state index is -0.211. The van der Waals surface area contributed by atoms with E-state index in [1.165, 1.54) is 19.4 Å². The largest absolute Gasteiger partial charge is 0.409 e. The van der Waals surface area contributed by atoms with Crippen LogP contribution in [0, 0.1) is 5.41 Å². The lowest BCUT2D eigenvalue weighted by Gasteiger charge is -2.35. The Balaban J connectivity index is 2.14. The monoisotopic (exact) mass is 284 g/mol. The van der Waals surface area contributed by atoms with E-state index >= 15 is 0 Å². The number of nitrogens with one attached hydrogen (secondary N) is 1. The molecule has 0 radical (unpaired) electrons. The third-order valence-electron chi connectivity index (χ3n) is 4.67. The van der Waals surface area contributed by atoms with Crippen LogP contribution in [-0.2, 0) is 0 Å². The zero-order valence-corrected chi connectivity index (χ0v) is 13.5. The lowest BCUT2D eigenvalue weighted by atomic mass is 9.86. The molecule has 20 heavy (non-hydrogen) atoms. The first-order valence-corrected chi connectivity index (χ1v) is 7.78. The van der Waals surface area contributed by atoms with Crippen molar-refractivity contribution in [2.45, 2.75) is 65.0 Å². The van der Waals surface area contributed by atoms with Crippen LogP contribution in [0.15, 0.2) is 5.16 Å². The Morgan fingerprint density at radius 1 is 1.45 bits per heavy atom. The van der Waals surface area contributed by atoms with E-state index in [9.17, 15) is 0 Å². The predicted molar refractivity (Wildman–Crippen MR) is 84.2 cm³/mol. The maximum absolute atomic E-state index is 8.74. The highest BCUT2D eigenvalue weighted by Gasteiger charge is 2.24. The quantitative estimate of drug-likeness (QED) is 0.220. The number of nitrogens with two attached hydrogens (primary N) is 1. The van der Waals surface area contributed by atoms with Gasteiger partial charge in [-0.2, -0.15) is 0 Å². The van der Waals surface area contributed by atoms with Gasteiger partial charge in [-0.3, -0.25) is 0 Å². The van der Waals surface area contributed by atoms with Crippen molar-refractivity contribution in [3.8, 4) is 0 Å². The van der Waals surface area contributed by atoms with E-state index in [0.717, 1.165) is 25.8 Å². The average molecular weight is 284 g/mol. The second-order valence-corrected chi connectivity index (χ2v) is 6.83. The standard InChI is InChI=1S/C15H32N4O/c1-12-11-13(7-10-19(12)4)17-9-6-5-8-15(2,3)14(16)18-20/h12-13,17,20H,5-11H2,1-4H3,(H2,16,18). The highest BCUT2D eigenvalue weighted by molar-refractivity contribution is 5.85. The van der Waals surface area contributed by atoms with Gasteiger partial charge in [0.15, 0.2) is 0 Å². The van der Waals surface area contributed by atoms with Crippen LogP contribution in [0.4, 0.5) is 0 Å². The van der Waals surface area contributed by atoms with Crippen LogP contribution in [-0.4, -0.2) is 48.2 Å². The molecular weight excluding hydrogens is 252 g/mol. The number of hydrogen-bond acceptors (Lipinski definition) is 4. The molecule has 1 rings (SSSR count). The third kappa shape index (κ3) is 5.29. The Labute approximate surface area is 123 Å².